The van der Waals surface area contributed by atoms with Crippen molar-refractivity contribution in [2.24, 2.45) is 5.92 Å². The van der Waals surface area contributed by atoms with Crippen LogP contribution in [-0.4, -0.2) is 18.1 Å². The molecule has 3 aromatic rings. The van der Waals surface area contributed by atoms with Crippen LogP contribution >= 0.6 is 23.3 Å². The van der Waals surface area contributed by atoms with Gasteiger partial charge in [-0.15, -0.1) is 11.3 Å². The van der Waals surface area contributed by atoms with Crippen LogP contribution in [0.1, 0.15) is 13.3 Å². The Labute approximate surface area is 175 Å². The number of thiazole rings is 1. The largest absolute Gasteiger partial charge is 0.369 e. The number of anilines is 4. The fourth-order valence-electron chi connectivity index (χ4n) is 3.26. The van der Waals surface area contributed by atoms with Crippen LogP contribution in [-0.2, 0) is 0 Å². The molecule has 0 aliphatic carbocycles. The van der Waals surface area contributed by atoms with Gasteiger partial charge in [0, 0.05) is 23.4 Å². The molecule has 2 N–H and O–H groups in total. The van der Waals surface area contributed by atoms with Gasteiger partial charge in [-0.3, -0.25) is 0 Å². The molecule has 1 aliphatic heterocycles. The van der Waals surface area contributed by atoms with Gasteiger partial charge in [0.25, 0.3) is 0 Å². The molecule has 152 valence electrons. The van der Waals surface area contributed by atoms with Crippen LogP contribution in [0.4, 0.5) is 36.1 Å². The normalized spacial score (nSPS) is 16.3. The summed E-state index contributed by atoms with van der Waals surface area (Å²) in [4.78, 5) is 6.48. The van der Waals surface area contributed by atoms with Gasteiger partial charge in [-0.05, 0) is 54.6 Å². The second kappa shape index (κ2) is 8.54. The van der Waals surface area contributed by atoms with E-state index < -0.39 is 11.6 Å². The van der Waals surface area contributed by atoms with E-state index in [0.29, 0.717) is 28.0 Å². The molecule has 0 bridgehead atoms. The third-order valence-electron chi connectivity index (χ3n) is 4.71. The minimum absolute atomic E-state index is 0.261. The summed E-state index contributed by atoms with van der Waals surface area (Å²) in [5.74, 6) is -0.721. The standard InChI is InChI=1S/C20H19F3N4S2/c1-12-4-5-27(9-12)18-6-13(21)2-3-17(18)25-20-15(22)7-14(8-16(20)23)29-26-19-10-28-11-24-19/h2-3,6-8,10-12,25-26H,4-5,9H2,1H3/t12-/m1/s1. The summed E-state index contributed by atoms with van der Waals surface area (Å²) >= 11 is 2.50. The molecule has 1 aliphatic rings. The molecule has 0 spiro atoms. The van der Waals surface area contributed by atoms with Crippen molar-refractivity contribution in [1.29, 1.82) is 0 Å². The highest BCUT2D eigenvalue weighted by Gasteiger charge is 2.23. The van der Waals surface area contributed by atoms with E-state index in [9.17, 15) is 13.2 Å². The fraction of sp³-hybridized carbons (Fsp3) is 0.250. The Bertz CT molecular complexity index is 974. The Morgan fingerprint density at radius 1 is 1.17 bits per heavy atom. The average molecular weight is 437 g/mol. The lowest BCUT2D eigenvalue weighted by molar-refractivity contribution is 0.585. The quantitative estimate of drug-likeness (QED) is 0.446. The smallest absolute Gasteiger partial charge is 0.150 e. The molecule has 4 rings (SSSR count). The van der Waals surface area contributed by atoms with Gasteiger partial charge in [0.1, 0.15) is 17.3 Å². The summed E-state index contributed by atoms with van der Waals surface area (Å²) in [6.07, 6.45) is 0.997. The molecule has 1 fully saturated rings. The highest BCUT2D eigenvalue weighted by atomic mass is 32.2. The van der Waals surface area contributed by atoms with Crippen LogP contribution in [0.5, 0.6) is 0 Å². The predicted molar refractivity (Wildman–Crippen MR) is 114 cm³/mol. The van der Waals surface area contributed by atoms with Crippen molar-refractivity contribution >= 4 is 46.2 Å². The number of aromatic nitrogens is 1. The summed E-state index contributed by atoms with van der Waals surface area (Å²) in [5.41, 5.74) is 2.48. The number of nitrogens with zero attached hydrogens (tertiary/aromatic N) is 2. The van der Waals surface area contributed by atoms with Crippen molar-refractivity contribution in [2.75, 3.05) is 28.0 Å². The maximum absolute atomic E-state index is 14.7. The van der Waals surface area contributed by atoms with Crippen molar-refractivity contribution in [3.05, 3.63) is 58.7 Å². The number of benzene rings is 2. The molecule has 4 nitrogen and oxygen atoms in total. The van der Waals surface area contributed by atoms with E-state index >= 15 is 0 Å². The van der Waals surface area contributed by atoms with Crippen molar-refractivity contribution in [3.63, 3.8) is 0 Å². The van der Waals surface area contributed by atoms with E-state index in [-0.39, 0.29) is 11.5 Å². The van der Waals surface area contributed by atoms with Gasteiger partial charge in [0.15, 0.2) is 11.6 Å². The lowest BCUT2D eigenvalue weighted by Gasteiger charge is -2.23. The molecular weight excluding hydrogens is 417 g/mol. The summed E-state index contributed by atoms with van der Waals surface area (Å²) in [6.45, 7) is 3.69. The van der Waals surface area contributed by atoms with E-state index in [1.807, 2.05) is 4.90 Å². The lowest BCUT2D eigenvalue weighted by atomic mass is 10.2. The first-order valence-electron chi connectivity index (χ1n) is 9.11. The summed E-state index contributed by atoms with van der Waals surface area (Å²) in [7, 11) is 0. The van der Waals surface area contributed by atoms with E-state index in [0.717, 1.165) is 31.5 Å². The first-order chi connectivity index (χ1) is 14.0. The SMILES string of the molecule is C[C@@H]1CCN(c2cc(F)ccc2Nc2c(F)cc(SNc3cscn3)cc2F)C1. The molecule has 29 heavy (non-hydrogen) atoms. The van der Waals surface area contributed by atoms with Crippen LogP contribution < -0.4 is 14.9 Å². The van der Waals surface area contributed by atoms with E-state index in [1.165, 1.54) is 41.7 Å². The average Bonchev–Trinajstić information content (AvgIpc) is 3.35. The van der Waals surface area contributed by atoms with Gasteiger partial charge >= 0.3 is 0 Å². The van der Waals surface area contributed by atoms with Crippen molar-refractivity contribution < 1.29 is 13.2 Å². The Hall–Kier alpha value is -2.39. The Kier molecular flexibility index (Phi) is 5.86. The third-order valence-corrected chi connectivity index (χ3v) is 6.07. The topological polar surface area (TPSA) is 40.2 Å². The van der Waals surface area contributed by atoms with Gasteiger partial charge < -0.3 is 14.9 Å². The van der Waals surface area contributed by atoms with Gasteiger partial charge in [-0.1, -0.05) is 6.92 Å². The molecular formula is C20H19F3N4S2. The van der Waals surface area contributed by atoms with Crippen LogP contribution in [0, 0.1) is 23.4 Å². The fourth-order valence-corrected chi connectivity index (χ4v) is 4.48. The van der Waals surface area contributed by atoms with Crippen molar-refractivity contribution in [1.82, 2.24) is 4.98 Å². The van der Waals surface area contributed by atoms with E-state index in [2.05, 4.69) is 21.9 Å². The molecule has 1 saturated heterocycles. The Morgan fingerprint density at radius 2 is 1.97 bits per heavy atom. The number of rotatable bonds is 6. The van der Waals surface area contributed by atoms with Gasteiger partial charge in [-0.2, -0.15) is 0 Å². The predicted octanol–water partition coefficient (Wildman–Crippen LogP) is 6.27. The van der Waals surface area contributed by atoms with Crippen LogP contribution in [0.3, 0.4) is 0 Å². The summed E-state index contributed by atoms with van der Waals surface area (Å²) in [6, 6.07) is 6.69. The first kappa shape index (κ1) is 19.9. The zero-order chi connectivity index (χ0) is 20.4. The highest BCUT2D eigenvalue weighted by Crippen LogP contribution is 2.36. The maximum Gasteiger partial charge on any atom is 0.150 e. The summed E-state index contributed by atoms with van der Waals surface area (Å²) in [5, 5.41) is 4.62. The van der Waals surface area contributed by atoms with E-state index in [4.69, 9.17) is 0 Å². The zero-order valence-electron chi connectivity index (χ0n) is 15.6. The van der Waals surface area contributed by atoms with Crippen molar-refractivity contribution in [2.45, 2.75) is 18.2 Å². The zero-order valence-corrected chi connectivity index (χ0v) is 17.2. The first-order valence-corrected chi connectivity index (χ1v) is 10.9. The van der Waals surface area contributed by atoms with Crippen LogP contribution in [0.15, 0.2) is 46.1 Å². The number of halogens is 3. The highest BCUT2D eigenvalue weighted by molar-refractivity contribution is 8.00. The van der Waals surface area contributed by atoms with Gasteiger partial charge in [0.2, 0.25) is 0 Å². The van der Waals surface area contributed by atoms with E-state index in [1.54, 1.807) is 10.9 Å². The van der Waals surface area contributed by atoms with Crippen LogP contribution in [0.25, 0.3) is 0 Å². The molecule has 0 amide bonds. The van der Waals surface area contributed by atoms with Gasteiger partial charge in [0.05, 0.1) is 16.9 Å². The molecule has 1 atom stereocenters. The molecule has 9 heteroatoms. The Morgan fingerprint density at radius 3 is 2.62 bits per heavy atom. The number of hydrogen-bond donors (Lipinski definition) is 2. The second-order valence-corrected chi connectivity index (χ2v) is 8.56. The maximum atomic E-state index is 14.7. The molecule has 0 saturated carbocycles. The summed E-state index contributed by atoms with van der Waals surface area (Å²) < 4.78 is 46.1. The number of nitrogens with one attached hydrogen (secondary N) is 2. The molecule has 0 radical (unpaired) electrons. The Balaban J connectivity index is 1.56. The molecule has 0 unspecified atom stereocenters. The minimum atomic E-state index is -0.724. The lowest BCUT2D eigenvalue weighted by Crippen LogP contribution is -2.20. The van der Waals surface area contributed by atoms with Crippen molar-refractivity contribution in [3.8, 4) is 0 Å². The monoisotopic (exact) mass is 436 g/mol. The van der Waals surface area contributed by atoms with Gasteiger partial charge in [-0.25, -0.2) is 18.2 Å². The number of hydrogen-bond acceptors (Lipinski definition) is 6. The second-order valence-electron chi connectivity index (χ2n) is 6.97. The minimum Gasteiger partial charge on any atom is -0.369 e. The van der Waals surface area contributed by atoms with Crippen LogP contribution in [0.2, 0.25) is 0 Å². The molecule has 1 aromatic heterocycles. The molecule has 2 heterocycles. The molecule has 2 aromatic carbocycles. The third kappa shape index (κ3) is 4.62.